The van der Waals surface area contributed by atoms with Crippen LogP contribution in [0.4, 0.5) is 0 Å². The summed E-state index contributed by atoms with van der Waals surface area (Å²) in [5.74, 6) is -0.885. The molecule has 0 saturated carbocycles. The van der Waals surface area contributed by atoms with Crippen LogP contribution in [0.5, 0.6) is 0 Å². The quantitative estimate of drug-likeness (QED) is 0.485. The number of benzene rings is 2. The molecule has 19 heavy (non-hydrogen) atoms. The van der Waals surface area contributed by atoms with Gasteiger partial charge >= 0.3 is 0 Å². The van der Waals surface area contributed by atoms with Crippen LogP contribution in [0.25, 0.3) is 11.1 Å². The molecule has 0 amide bonds. The molecule has 3 heteroatoms. The molecule has 0 unspecified atom stereocenters. The lowest BCUT2D eigenvalue weighted by Gasteiger charge is -2.08. The lowest BCUT2D eigenvalue weighted by atomic mass is 9.95. The first-order valence-electron chi connectivity index (χ1n) is 5.93. The summed E-state index contributed by atoms with van der Waals surface area (Å²) in [6.45, 7) is 1.30. The molecule has 0 fully saturated rings. The number of hydrogen-bond acceptors (Lipinski definition) is 2. The molecule has 2 aromatic rings. The van der Waals surface area contributed by atoms with E-state index in [1.807, 2.05) is 36.4 Å². The summed E-state index contributed by atoms with van der Waals surface area (Å²) in [6.07, 6.45) is 0. The van der Waals surface area contributed by atoms with Gasteiger partial charge in [0.15, 0.2) is 5.78 Å². The van der Waals surface area contributed by atoms with Crippen molar-refractivity contribution >= 4 is 27.5 Å². The van der Waals surface area contributed by atoms with Gasteiger partial charge in [-0.1, -0.05) is 64.5 Å². The number of halogens is 1. The lowest BCUT2D eigenvalue weighted by molar-refractivity contribution is -0.113. The standard InChI is InChI=1S/C16H13BrO2/c1-11(18)16(19)15-5-3-2-4-14(15)13-8-6-12(10-17)7-9-13/h2-9H,10H2,1H3. The Hall–Kier alpha value is -1.74. The Morgan fingerprint density at radius 2 is 1.63 bits per heavy atom. The fraction of sp³-hybridized carbons (Fsp3) is 0.125. The van der Waals surface area contributed by atoms with E-state index in [2.05, 4.69) is 15.9 Å². The molecule has 0 spiro atoms. The average molecular weight is 317 g/mol. The van der Waals surface area contributed by atoms with Crippen LogP contribution in [0, 0.1) is 0 Å². The molecule has 0 radical (unpaired) electrons. The van der Waals surface area contributed by atoms with Crippen molar-refractivity contribution in [2.45, 2.75) is 12.3 Å². The largest absolute Gasteiger partial charge is 0.291 e. The van der Waals surface area contributed by atoms with Crippen molar-refractivity contribution in [3.63, 3.8) is 0 Å². The highest BCUT2D eigenvalue weighted by molar-refractivity contribution is 9.08. The molecular formula is C16H13BrO2. The van der Waals surface area contributed by atoms with E-state index < -0.39 is 11.6 Å². The average Bonchev–Trinajstić information content (AvgIpc) is 2.46. The zero-order valence-electron chi connectivity index (χ0n) is 10.5. The highest BCUT2D eigenvalue weighted by atomic mass is 79.9. The van der Waals surface area contributed by atoms with Gasteiger partial charge in [0.2, 0.25) is 5.78 Å². The normalized spacial score (nSPS) is 10.2. The van der Waals surface area contributed by atoms with E-state index in [0.717, 1.165) is 16.5 Å². The second-order valence-electron chi connectivity index (χ2n) is 4.26. The predicted octanol–water partition coefficient (Wildman–Crippen LogP) is 4.02. The summed E-state index contributed by atoms with van der Waals surface area (Å²) in [5.41, 5.74) is 3.36. The number of Topliss-reactive ketones (excluding diaryl/α,β-unsaturated/α-hetero) is 2. The lowest BCUT2D eigenvalue weighted by Crippen LogP contribution is -2.10. The Balaban J connectivity index is 2.49. The minimum absolute atomic E-state index is 0.440. The molecule has 0 saturated heterocycles. The Morgan fingerprint density at radius 1 is 1.00 bits per heavy atom. The maximum atomic E-state index is 11.9. The van der Waals surface area contributed by atoms with Gasteiger partial charge in [0, 0.05) is 17.8 Å². The van der Waals surface area contributed by atoms with E-state index in [4.69, 9.17) is 0 Å². The monoisotopic (exact) mass is 316 g/mol. The van der Waals surface area contributed by atoms with Crippen molar-refractivity contribution in [2.75, 3.05) is 0 Å². The highest BCUT2D eigenvalue weighted by Crippen LogP contribution is 2.25. The Kier molecular flexibility index (Phi) is 4.27. The minimum atomic E-state index is -0.444. The first-order valence-corrected chi connectivity index (χ1v) is 7.05. The highest BCUT2D eigenvalue weighted by Gasteiger charge is 2.15. The maximum absolute atomic E-state index is 11.9. The third-order valence-electron chi connectivity index (χ3n) is 2.91. The van der Waals surface area contributed by atoms with Crippen LogP contribution in [-0.4, -0.2) is 11.6 Å². The Morgan fingerprint density at radius 3 is 2.21 bits per heavy atom. The van der Waals surface area contributed by atoms with E-state index in [0.29, 0.717) is 5.56 Å². The fourth-order valence-corrected chi connectivity index (χ4v) is 2.27. The van der Waals surface area contributed by atoms with Crippen LogP contribution >= 0.6 is 15.9 Å². The van der Waals surface area contributed by atoms with Gasteiger partial charge in [-0.3, -0.25) is 9.59 Å². The Labute approximate surface area is 120 Å². The van der Waals surface area contributed by atoms with Crippen molar-refractivity contribution in [3.05, 3.63) is 59.7 Å². The predicted molar refractivity (Wildman–Crippen MR) is 79.5 cm³/mol. The summed E-state index contributed by atoms with van der Waals surface area (Å²) in [6, 6.07) is 15.1. The third kappa shape index (κ3) is 2.99. The van der Waals surface area contributed by atoms with Crippen molar-refractivity contribution in [1.82, 2.24) is 0 Å². The molecule has 0 heterocycles. The zero-order valence-corrected chi connectivity index (χ0v) is 12.1. The summed E-state index contributed by atoms with van der Waals surface area (Å²) in [4.78, 5) is 23.2. The number of carbonyl (C=O) groups excluding carboxylic acids is 2. The molecule has 0 aliphatic rings. The van der Waals surface area contributed by atoms with Crippen LogP contribution in [-0.2, 0) is 10.1 Å². The van der Waals surface area contributed by atoms with E-state index in [1.54, 1.807) is 12.1 Å². The molecular weight excluding hydrogens is 304 g/mol. The molecule has 0 bridgehead atoms. The van der Waals surface area contributed by atoms with Gasteiger partial charge < -0.3 is 0 Å². The summed E-state index contributed by atoms with van der Waals surface area (Å²) < 4.78 is 0. The van der Waals surface area contributed by atoms with Crippen molar-refractivity contribution in [3.8, 4) is 11.1 Å². The molecule has 2 rings (SSSR count). The molecule has 0 atom stereocenters. The third-order valence-corrected chi connectivity index (χ3v) is 3.56. The van der Waals surface area contributed by atoms with Gasteiger partial charge in [-0.2, -0.15) is 0 Å². The minimum Gasteiger partial charge on any atom is -0.291 e. The van der Waals surface area contributed by atoms with Gasteiger partial charge in [-0.25, -0.2) is 0 Å². The number of ketones is 2. The molecule has 0 aromatic heterocycles. The van der Waals surface area contributed by atoms with Crippen LogP contribution in [0.2, 0.25) is 0 Å². The number of carbonyl (C=O) groups is 2. The van der Waals surface area contributed by atoms with Crippen molar-refractivity contribution in [1.29, 1.82) is 0 Å². The van der Waals surface area contributed by atoms with Crippen LogP contribution in [0.3, 0.4) is 0 Å². The maximum Gasteiger partial charge on any atom is 0.228 e. The van der Waals surface area contributed by atoms with Crippen LogP contribution < -0.4 is 0 Å². The van der Waals surface area contributed by atoms with Crippen molar-refractivity contribution in [2.24, 2.45) is 0 Å². The first-order chi connectivity index (χ1) is 9.13. The number of hydrogen-bond donors (Lipinski definition) is 0. The molecule has 0 aliphatic heterocycles. The van der Waals surface area contributed by atoms with E-state index in [1.165, 1.54) is 12.5 Å². The van der Waals surface area contributed by atoms with Gasteiger partial charge in [0.25, 0.3) is 0 Å². The van der Waals surface area contributed by atoms with Gasteiger partial charge in [-0.05, 0) is 16.7 Å². The molecule has 0 aliphatic carbocycles. The van der Waals surface area contributed by atoms with E-state index in [9.17, 15) is 9.59 Å². The van der Waals surface area contributed by atoms with Gasteiger partial charge in [-0.15, -0.1) is 0 Å². The molecule has 0 N–H and O–H groups in total. The molecule has 2 aromatic carbocycles. The summed E-state index contributed by atoms with van der Waals surface area (Å²) >= 11 is 3.40. The summed E-state index contributed by atoms with van der Waals surface area (Å²) in [7, 11) is 0. The van der Waals surface area contributed by atoms with Gasteiger partial charge in [0.1, 0.15) is 0 Å². The fourth-order valence-electron chi connectivity index (χ4n) is 1.90. The smallest absolute Gasteiger partial charge is 0.228 e. The number of rotatable bonds is 4. The molecule has 96 valence electrons. The topological polar surface area (TPSA) is 34.1 Å². The van der Waals surface area contributed by atoms with E-state index in [-0.39, 0.29) is 0 Å². The second kappa shape index (κ2) is 5.93. The Bertz CT molecular complexity index is 615. The molecule has 2 nitrogen and oxygen atoms in total. The first kappa shape index (κ1) is 13.7. The van der Waals surface area contributed by atoms with Crippen molar-refractivity contribution < 1.29 is 9.59 Å². The van der Waals surface area contributed by atoms with E-state index >= 15 is 0 Å². The van der Waals surface area contributed by atoms with Crippen LogP contribution in [0.15, 0.2) is 48.5 Å². The summed E-state index contributed by atoms with van der Waals surface area (Å²) in [5, 5.41) is 0.793. The second-order valence-corrected chi connectivity index (χ2v) is 4.82. The SMILES string of the molecule is CC(=O)C(=O)c1ccccc1-c1ccc(CBr)cc1. The van der Waals surface area contributed by atoms with Crippen LogP contribution in [0.1, 0.15) is 22.8 Å². The number of alkyl halides is 1. The van der Waals surface area contributed by atoms with Gasteiger partial charge in [0.05, 0.1) is 0 Å². The zero-order chi connectivity index (χ0) is 13.8.